The molecule has 0 saturated carbocycles. The molecule has 6 heteroatoms. The van der Waals surface area contributed by atoms with Crippen molar-refractivity contribution in [1.29, 1.82) is 0 Å². The van der Waals surface area contributed by atoms with Gasteiger partial charge in [-0.15, -0.1) is 11.8 Å². The van der Waals surface area contributed by atoms with Crippen LogP contribution in [0.15, 0.2) is 47.4 Å². The van der Waals surface area contributed by atoms with Gasteiger partial charge in [0, 0.05) is 19.1 Å². The van der Waals surface area contributed by atoms with E-state index in [0.717, 1.165) is 16.7 Å². The van der Waals surface area contributed by atoms with Crippen LogP contribution >= 0.6 is 11.8 Å². The Morgan fingerprint density at radius 3 is 2.20 bits per heavy atom. The van der Waals surface area contributed by atoms with Gasteiger partial charge in [0.15, 0.2) is 0 Å². The summed E-state index contributed by atoms with van der Waals surface area (Å²) in [5, 5.41) is 8.09. The maximum atomic E-state index is 12.3. The van der Waals surface area contributed by atoms with Gasteiger partial charge in [0.25, 0.3) is 0 Å². The van der Waals surface area contributed by atoms with E-state index in [4.69, 9.17) is 14.6 Å². The number of hydrogen-bond acceptors (Lipinski definition) is 5. The van der Waals surface area contributed by atoms with E-state index in [-0.39, 0.29) is 5.57 Å². The Morgan fingerprint density at radius 2 is 1.75 bits per heavy atom. The van der Waals surface area contributed by atoms with E-state index in [1.54, 1.807) is 24.3 Å². The minimum atomic E-state index is -1.22. The van der Waals surface area contributed by atoms with Gasteiger partial charge < -0.3 is 14.6 Å². The van der Waals surface area contributed by atoms with E-state index >= 15 is 0 Å². The average molecular weight is 296 g/mol. The first kappa shape index (κ1) is 16.4. The molecule has 1 rings (SSSR count). The summed E-state index contributed by atoms with van der Waals surface area (Å²) in [5.41, 5.74) is -0.206. The van der Waals surface area contributed by atoms with Gasteiger partial charge in [0.05, 0.1) is 5.57 Å². The van der Waals surface area contributed by atoms with Crippen LogP contribution in [-0.4, -0.2) is 42.6 Å². The van der Waals surface area contributed by atoms with Crippen LogP contribution in [-0.2, 0) is 19.1 Å². The molecule has 0 fully saturated rings. The van der Waals surface area contributed by atoms with Crippen LogP contribution in [0, 0.1) is 0 Å². The third kappa shape index (κ3) is 4.19. The second-order valence-electron chi connectivity index (χ2n) is 3.85. The molecule has 0 aromatic heterocycles. The molecule has 1 atom stereocenters. The summed E-state index contributed by atoms with van der Waals surface area (Å²) in [4.78, 5) is 24.1. The summed E-state index contributed by atoms with van der Waals surface area (Å²) in [5.74, 6) is -1.71. The molecule has 0 saturated heterocycles. The van der Waals surface area contributed by atoms with Gasteiger partial charge in [0.1, 0.15) is 5.25 Å². The number of carbonyl (C=O) groups is 2. The van der Waals surface area contributed by atoms with Crippen molar-refractivity contribution >= 4 is 23.5 Å². The number of carboxylic acid groups (broad SMARTS) is 1. The van der Waals surface area contributed by atoms with Crippen LogP contribution in [0.4, 0.5) is 0 Å². The molecular formula is C14H16O5S. The number of benzene rings is 1. The van der Waals surface area contributed by atoms with Crippen molar-refractivity contribution < 1.29 is 24.2 Å². The van der Waals surface area contributed by atoms with Crippen LogP contribution in [0.2, 0.25) is 0 Å². The fourth-order valence-electron chi connectivity index (χ4n) is 1.50. The molecule has 108 valence electrons. The van der Waals surface area contributed by atoms with Crippen molar-refractivity contribution in [2.75, 3.05) is 14.2 Å². The van der Waals surface area contributed by atoms with Crippen LogP contribution in [0.5, 0.6) is 0 Å². The average Bonchev–Trinajstić information content (AvgIpc) is 2.46. The number of aliphatic carboxylic acids is 1. The number of hydrogen-bond donors (Lipinski definition) is 1. The highest BCUT2D eigenvalue weighted by Gasteiger charge is 2.32. The van der Waals surface area contributed by atoms with Gasteiger partial charge in [-0.25, -0.2) is 4.79 Å². The number of ether oxygens (including phenoxy) is 2. The summed E-state index contributed by atoms with van der Waals surface area (Å²) >= 11 is 1.10. The lowest BCUT2D eigenvalue weighted by Gasteiger charge is -2.20. The lowest BCUT2D eigenvalue weighted by Crippen LogP contribution is -2.35. The number of carbonyl (C=O) groups excluding carboxylic acids is 1. The molecule has 1 N–H and O–H groups in total. The fraction of sp³-hybridized carbons (Fsp3) is 0.286. The molecule has 0 bridgehead atoms. The van der Waals surface area contributed by atoms with E-state index in [9.17, 15) is 9.59 Å². The van der Waals surface area contributed by atoms with E-state index in [2.05, 4.69) is 6.58 Å². The Kier molecular flexibility index (Phi) is 6.44. The smallest absolute Gasteiger partial charge is 0.332 e. The highest BCUT2D eigenvalue weighted by atomic mass is 32.2. The Balaban J connectivity index is 2.99. The third-order valence-electron chi connectivity index (χ3n) is 2.51. The monoisotopic (exact) mass is 296 g/mol. The largest absolute Gasteiger partial charge is 0.478 e. The Morgan fingerprint density at radius 1 is 1.20 bits per heavy atom. The van der Waals surface area contributed by atoms with Crippen LogP contribution in [0.3, 0.4) is 0 Å². The van der Waals surface area contributed by atoms with E-state index in [1.807, 2.05) is 6.07 Å². The second kappa shape index (κ2) is 7.84. The van der Waals surface area contributed by atoms with Crippen molar-refractivity contribution in [3.05, 3.63) is 42.5 Å². The van der Waals surface area contributed by atoms with Gasteiger partial charge in [-0.2, -0.15) is 0 Å². The van der Waals surface area contributed by atoms with Gasteiger partial charge >= 0.3 is 5.97 Å². The summed E-state index contributed by atoms with van der Waals surface area (Å²) in [6.45, 7) is 3.47. The molecule has 0 aliphatic heterocycles. The maximum absolute atomic E-state index is 12.3. The highest BCUT2D eigenvalue weighted by Crippen LogP contribution is 2.29. The number of methoxy groups -OCH3 is 2. The van der Waals surface area contributed by atoms with Crippen LogP contribution < -0.4 is 0 Å². The first-order chi connectivity index (χ1) is 9.51. The third-order valence-corrected chi connectivity index (χ3v) is 3.80. The summed E-state index contributed by atoms with van der Waals surface area (Å²) in [6.07, 6.45) is -1.12. The van der Waals surface area contributed by atoms with E-state index in [1.165, 1.54) is 14.2 Å². The minimum absolute atomic E-state index is 0.206. The van der Waals surface area contributed by atoms with Crippen LogP contribution in [0.25, 0.3) is 0 Å². The van der Waals surface area contributed by atoms with Crippen molar-refractivity contribution in [1.82, 2.24) is 0 Å². The molecule has 20 heavy (non-hydrogen) atoms. The number of carboxylic acids is 1. The Bertz CT molecular complexity index is 482. The van der Waals surface area contributed by atoms with Crippen molar-refractivity contribution in [2.45, 2.75) is 16.4 Å². The topological polar surface area (TPSA) is 72.8 Å². The highest BCUT2D eigenvalue weighted by molar-refractivity contribution is 8.01. The zero-order valence-electron chi connectivity index (χ0n) is 11.2. The molecule has 0 radical (unpaired) electrons. The zero-order chi connectivity index (χ0) is 15.1. The molecule has 1 aromatic carbocycles. The summed E-state index contributed by atoms with van der Waals surface area (Å²) in [6, 6.07) is 9.01. The molecule has 1 unspecified atom stereocenters. The van der Waals surface area contributed by atoms with E-state index < -0.39 is 23.3 Å². The SMILES string of the molecule is C=C(C(=O)O)C(Sc1ccccc1)C(=O)C(OC)OC. The Hall–Kier alpha value is -1.63. The molecule has 0 spiro atoms. The van der Waals surface area contributed by atoms with Gasteiger partial charge in [-0.1, -0.05) is 24.8 Å². The van der Waals surface area contributed by atoms with Gasteiger partial charge in [-0.3, -0.25) is 4.79 Å². The zero-order valence-corrected chi connectivity index (χ0v) is 12.1. The molecule has 0 heterocycles. The van der Waals surface area contributed by atoms with Crippen molar-refractivity contribution in [2.24, 2.45) is 0 Å². The molecule has 0 aliphatic carbocycles. The normalized spacial score (nSPS) is 12.2. The van der Waals surface area contributed by atoms with Crippen molar-refractivity contribution in [3.63, 3.8) is 0 Å². The number of ketones is 1. The van der Waals surface area contributed by atoms with Crippen LogP contribution in [0.1, 0.15) is 0 Å². The number of thioether (sulfide) groups is 1. The summed E-state index contributed by atoms with van der Waals surface area (Å²) in [7, 11) is 2.64. The number of Topliss-reactive ketones (excluding diaryl/α,β-unsaturated/α-hetero) is 1. The lowest BCUT2D eigenvalue weighted by atomic mass is 10.1. The minimum Gasteiger partial charge on any atom is -0.478 e. The summed E-state index contributed by atoms with van der Waals surface area (Å²) < 4.78 is 9.78. The van der Waals surface area contributed by atoms with Gasteiger partial charge in [-0.05, 0) is 12.1 Å². The van der Waals surface area contributed by atoms with Crippen molar-refractivity contribution in [3.8, 4) is 0 Å². The van der Waals surface area contributed by atoms with E-state index in [0.29, 0.717) is 0 Å². The molecule has 5 nitrogen and oxygen atoms in total. The Labute approximate surface area is 121 Å². The predicted molar refractivity (Wildman–Crippen MR) is 75.7 cm³/mol. The van der Waals surface area contributed by atoms with Gasteiger partial charge in [0.2, 0.25) is 12.1 Å². The second-order valence-corrected chi connectivity index (χ2v) is 5.03. The molecule has 1 aromatic rings. The molecular weight excluding hydrogens is 280 g/mol. The quantitative estimate of drug-likeness (QED) is 0.449. The first-order valence-corrected chi connectivity index (χ1v) is 6.62. The fourth-order valence-corrected chi connectivity index (χ4v) is 2.56. The first-order valence-electron chi connectivity index (χ1n) is 5.74. The standard InChI is InChI=1S/C14H16O5S/c1-9(13(16)17)12(11(15)14(18-2)19-3)20-10-7-5-4-6-8-10/h4-8,12,14H,1H2,2-3H3,(H,16,17). The number of rotatable bonds is 8. The lowest BCUT2D eigenvalue weighted by molar-refractivity contribution is -0.156. The molecule has 0 aliphatic rings. The maximum Gasteiger partial charge on any atom is 0.332 e. The molecule has 0 amide bonds. The predicted octanol–water partition coefficient (Wildman–Crippen LogP) is 1.98.